The van der Waals surface area contributed by atoms with Crippen molar-refractivity contribution in [2.24, 2.45) is 0 Å². The molecule has 0 aliphatic heterocycles. The molecule has 2 rings (SSSR count). The van der Waals surface area contributed by atoms with Crippen molar-refractivity contribution in [1.82, 2.24) is 0 Å². The summed E-state index contributed by atoms with van der Waals surface area (Å²) in [6.45, 7) is 0. The maximum Gasteiger partial charge on any atom is 0.147 e. The molecule has 0 atom stereocenters. The standard InChI is InChI=1S/C12H7Cl3OS/c13-10-2-1-3-11(12(10)14)16-8-4-6-9(17-15)7-5-8/h1-7H. The minimum Gasteiger partial charge on any atom is -0.456 e. The Morgan fingerprint density at radius 1 is 0.941 bits per heavy atom. The topological polar surface area (TPSA) is 9.23 Å². The summed E-state index contributed by atoms with van der Waals surface area (Å²) < 4.78 is 5.62. The fourth-order valence-electron chi connectivity index (χ4n) is 1.25. The van der Waals surface area contributed by atoms with Gasteiger partial charge in [0.1, 0.15) is 16.5 Å². The smallest absolute Gasteiger partial charge is 0.147 e. The van der Waals surface area contributed by atoms with Crippen molar-refractivity contribution >= 4 is 44.9 Å². The van der Waals surface area contributed by atoms with Crippen LogP contribution in [0.15, 0.2) is 47.4 Å². The van der Waals surface area contributed by atoms with E-state index in [0.717, 1.165) is 15.9 Å². The van der Waals surface area contributed by atoms with Crippen LogP contribution in [0.2, 0.25) is 10.0 Å². The first-order valence-electron chi connectivity index (χ1n) is 4.71. The van der Waals surface area contributed by atoms with E-state index in [2.05, 4.69) is 0 Å². The molecule has 88 valence electrons. The van der Waals surface area contributed by atoms with Gasteiger partial charge >= 0.3 is 0 Å². The Bertz CT molecular complexity index is 514. The Morgan fingerprint density at radius 3 is 2.29 bits per heavy atom. The van der Waals surface area contributed by atoms with Gasteiger partial charge in [-0.25, -0.2) is 0 Å². The quantitative estimate of drug-likeness (QED) is 0.684. The maximum absolute atomic E-state index is 6.02. The zero-order valence-electron chi connectivity index (χ0n) is 8.49. The van der Waals surface area contributed by atoms with E-state index in [1.165, 1.54) is 0 Å². The molecular weight excluding hydrogens is 299 g/mol. The largest absolute Gasteiger partial charge is 0.456 e. The van der Waals surface area contributed by atoms with Gasteiger partial charge < -0.3 is 4.74 Å². The zero-order chi connectivity index (χ0) is 12.3. The summed E-state index contributed by atoms with van der Waals surface area (Å²) in [4.78, 5) is 0.955. The molecule has 0 heterocycles. The predicted molar refractivity (Wildman–Crippen MR) is 74.7 cm³/mol. The van der Waals surface area contributed by atoms with E-state index < -0.39 is 0 Å². The number of benzene rings is 2. The fourth-order valence-corrected chi connectivity index (χ4v) is 2.13. The van der Waals surface area contributed by atoms with E-state index >= 15 is 0 Å². The van der Waals surface area contributed by atoms with E-state index in [-0.39, 0.29) is 0 Å². The van der Waals surface area contributed by atoms with Crippen LogP contribution in [0.25, 0.3) is 0 Å². The lowest BCUT2D eigenvalue weighted by atomic mass is 10.3. The number of rotatable bonds is 3. The third-order valence-corrected chi connectivity index (χ3v) is 3.84. The molecule has 0 amide bonds. The molecule has 0 radical (unpaired) electrons. The van der Waals surface area contributed by atoms with E-state index in [9.17, 15) is 0 Å². The molecule has 0 fully saturated rings. The van der Waals surface area contributed by atoms with Gasteiger partial charge in [-0.3, -0.25) is 0 Å². The molecular formula is C12H7Cl3OS. The Hall–Kier alpha value is -0.540. The molecule has 0 saturated heterocycles. The first-order valence-corrected chi connectivity index (χ1v) is 7.11. The SMILES string of the molecule is ClSc1ccc(Oc2cccc(Cl)c2Cl)cc1. The number of hydrogen-bond acceptors (Lipinski definition) is 2. The lowest BCUT2D eigenvalue weighted by molar-refractivity contribution is 0.482. The predicted octanol–water partition coefficient (Wildman–Crippen LogP) is 6.03. The summed E-state index contributed by atoms with van der Waals surface area (Å²) in [5.41, 5.74) is 0. The summed E-state index contributed by atoms with van der Waals surface area (Å²) in [5, 5.41) is 0.877. The summed E-state index contributed by atoms with van der Waals surface area (Å²) in [5.74, 6) is 1.22. The zero-order valence-corrected chi connectivity index (χ0v) is 11.6. The van der Waals surface area contributed by atoms with Gasteiger partial charge in [-0.2, -0.15) is 0 Å². The van der Waals surface area contributed by atoms with Crippen molar-refractivity contribution < 1.29 is 4.74 Å². The second kappa shape index (κ2) is 5.87. The lowest BCUT2D eigenvalue weighted by Gasteiger charge is -2.08. The van der Waals surface area contributed by atoms with Crippen LogP contribution < -0.4 is 4.74 Å². The number of hydrogen-bond donors (Lipinski definition) is 0. The molecule has 0 unspecified atom stereocenters. The van der Waals surface area contributed by atoms with Gasteiger partial charge in [0, 0.05) is 4.90 Å². The van der Waals surface area contributed by atoms with Crippen LogP contribution in [0.3, 0.4) is 0 Å². The molecule has 0 saturated carbocycles. The minimum absolute atomic E-state index is 0.407. The van der Waals surface area contributed by atoms with Crippen LogP contribution in [-0.4, -0.2) is 0 Å². The van der Waals surface area contributed by atoms with Gasteiger partial charge in [-0.15, -0.1) is 0 Å². The monoisotopic (exact) mass is 304 g/mol. The van der Waals surface area contributed by atoms with Gasteiger partial charge in [-0.1, -0.05) is 29.3 Å². The summed E-state index contributed by atoms with van der Waals surface area (Å²) in [6, 6.07) is 12.6. The normalized spacial score (nSPS) is 10.3. The van der Waals surface area contributed by atoms with Crippen LogP contribution in [0, 0.1) is 0 Å². The molecule has 2 aromatic carbocycles. The third kappa shape index (κ3) is 3.23. The molecule has 0 spiro atoms. The van der Waals surface area contributed by atoms with Gasteiger partial charge in [0.25, 0.3) is 0 Å². The second-order valence-electron chi connectivity index (χ2n) is 3.20. The van der Waals surface area contributed by atoms with Crippen molar-refractivity contribution in [3.63, 3.8) is 0 Å². The van der Waals surface area contributed by atoms with E-state index in [0.29, 0.717) is 21.5 Å². The first kappa shape index (κ1) is 12.9. The Balaban J connectivity index is 2.22. The molecule has 0 bridgehead atoms. The number of ether oxygens (including phenoxy) is 1. The average Bonchev–Trinajstić information content (AvgIpc) is 2.36. The fraction of sp³-hybridized carbons (Fsp3) is 0. The van der Waals surface area contributed by atoms with Crippen molar-refractivity contribution in [2.75, 3.05) is 0 Å². The highest BCUT2D eigenvalue weighted by Crippen LogP contribution is 2.35. The van der Waals surface area contributed by atoms with Crippen LogP contribution in [-0.2, 0) is 0 Å². The first-order chi connectivity index (χ1) is 8.20. The van der Waals surface area contributed by atoms with Gasteiger partial charge in [-0.05, 0) is 58.1 Å². The van der Waals surface area contributed by atoms with Crippen molar-refractivity contribution in [3.05, 3.63) is 52.5 Å². The van der Waals surface area contributed by atoms with Crippen LogP contribution in [0.4, 0.5) is 0 Å². The minimum atomic E-state index is 0.407. The van der Waals surface area contributed by atoms with Crippen molar-refractivity contribution in [2.45, 2.75) is 4.90 Å². The van der Waals surface area contributed by atoms with Gasteiger partial charge in [0.2, 0.25) is 0 Å². The van der Waals surface area contributed by atoms with E-state index in [1.54, 1.807) is 18.2 Å². The van der Waals surface area contributed by atoms with E-state index in [1.807, 2.05) is 24.3 Å². The van der Waals surface area contributed by atoms with Gasteiger partial charge in [0.05, 0.1) is 5.02 Å². The summed E-state index contributed by atoms with van der Waals surface area (Å²) in [6.07, 6.45) is 0. The van der Waals surface area contributed by atoms with Crippen molar-refractivity contribution in [3.8, 4) is 11.5 Å². The van der Waals surface area contributed by atoms with Gasteiger partial charge in [0.15, 0.2) is 0 Å². The molecule has 5 heteroatoms. The second-order valence-corrected chi connectivity index (χ2v) is 5.08. The molecule has 0 aliphatic rings. The Morgan fingerprint density at radius 2 is 1.65 bits per heavy atom. The Labute approximate surface area is 118 Å². The maximum atomic E-state index is 6.02. The molecule has 0 N–H and O–H groups in total. The van der Waals surface area contributed by atoms with Crippen LogP contribution >= 0.6 is 44.9 Å². The highest BCUT2D eigenvalue weighted by Gasteiger charge is 2.06. The molecule has 0 aromatic heterocycles. The highest BCUT2D eigenvalue weighted by molar-refractivity contribution is 8.21. The number of halogens is 3. The van der Waals surface area contributed by atoms with E-state index in [4.69, 9.17) is 38.6 Å². The van der Waals surface area contributed by atoms with Crippen LogP contribution in [0.1, 0.15) is 0 Å². The average molecular weight is 306 g/mol. The Kier molecular flexibility index (Phi) is 4.46. The van der Waals surface area contributed by atoms with Crippen molar-refractivity contribution in [1.29, 1.82) is 0 Å². The third-order valence-electron chi connectivity index (χ3n) is 2.06. The molecule has 17 heavy (non-hydrogen) atoms. The molecule has 1 nitrogen and oxygen atoms in total. The molecule has 0 aliphatic carbocycles. The molecule has 2 aromatic rings. The summed E-state index contributed by atoms with van der Waals surface area (Å²) >= 11 is 11.9. The highest BCUT2D eigenvalue weighted by atomic mass is 35.7. The summed E-state index contributed by atoms with van der Waals surface area (Å²) in [7, 11) is 6.78. The lowest BCUT2D eigenvalue weighted by Crippen LogP contribution is -1.85. The van der Waals surface area contributed by atoms with Crippen LogP contribution in [0.5, 0.6) is 11.5 Å².